The van der Waals surface area contributed by atoms with Crippen LogP contribution in [0.2, 0.25) is 0 Å². The van der Waals surface area contributed by atoms with Crippen molar-refractivity contribution >= 4 is 22.7 Å². The maximum absolute atomic E-state index is 14.2. The number of fused-ring (bicyclic) bond motifs is 1. The van der Waals surface area contributed by atoms with Crippen molar-refractivity contribution in [3.05, 3.63) is 89.5 Å². The van der Waals surface area contributed by atoms with Crippen molar-refractivity contribution in [2.45, 2.75) is 24.0 Å². The van der Waals surface area contributed by atoms with E-state index in [1.165, 1.54) is 18.0 Å². The van der Waals surface area contributed by atoms with E-state index in [0.29, 0.717) is 16.8 Å². The van der Waals surface area contributed by atoms with Gasteiger partial charge in [0.1, 0.15) is 12.1 Å². The molecule has 1 aromatic heterocycles. The van der Waals surface area contributed by atoms with Gasteiger partial charge in [-0.1, -0.05) is 30.3 Å². The van der Waals surface area contributed by atoms with Gasteiger partial charge in [0.15, 0.2) is 0 Å². The number of nitrogens with zero attached hydrogens (tertiary/aromatic N) is 2. The minimum Gasteiger partial charge on any atom is -0.236 e. The molecule has 0 amide bonds. The Morgan fingerprint density at radius 2 is 1.76 bits per heavy atom. The predicted octanol–water partition coefficient (Wildman–Crippen LogP) is 6.97. The first-order valence-corrected chi connectivity index (χ1v) is 10.0. The molecule has 0 unspecified atom stereocenters. The Morgan fingerprint density at radius 1 is 0.966 bits per heavy atom. The number of aryl methyl sites for hydroxylation is 1. The van der Waals surface area contributed by atoms with E-state index in [4.69, 9.17) is 0 Å². The van der Waals surface area contributed by atoms with Gasteiger partial charge in [-0.3, -0.25) is 0 Å². The molecule has 0 atom stereocenters. The molecule has 1 heterocycles. The van der Waals surface area contributed by atoms with Crippen LogP contribution in [0.25, 0.3) is 22.2 Å². The predicted molar refractivity (Wildman–Crippen MR) is 111 cm³/mol. The summed E-state index contributed by atoms with van der Waals surface area (Å²) in [5, 5.41) is 0.754. The second-order valence-corrected chi connectivity index (χ2v) is 7.71. The van der Waals surface area contributed by atoms with Crippen molar-refractivity contribution in [3.63, 3.8) is 0 Å². The molecular weight excluding hydrogens is 393 g/mol. The molecule has 0 fully saturated rings. The van der Waals surface area contributed by atoms with E-state index < -0.39 is 17.8 Å². The fourth-order valence-electron chi connectivity index (χ4n) is 3.21. The van der Waals surface area contributed by atoms with E-state index in [9.17, 15) is 13.2 Å². The summed E-state index contributed by atoms with van der Waals surface area (Å²) in [4.78, 5) is 9.70. The van der Waals surface area contributed by atoms with Crippen LogP contribution in [0.15, 0.2) is 71.9 Å². The van der Waals surface area contributed by atoms with Gasteiger partial charge in [0.25, 0.3) is 6.43 Å². The highest BCUT2D eigenvalue weighted by atomic mass is 32.2. The number of rotatable bonds is 5. The highest BCUT2D eigenvalue weighted by Crippen LogP contribution is 2.34. The van der Waals surface area contributed by atoms with E-state index in [1.54, 1.807) is 18.7 Å². The molecular formula is C23H17F3N2S. The average molecular weight is 410 g/mol. The lowest BCUT2D eigenvalue weighted by atomic mass is 9.99. The molecule has 3 aromatic carbocycles. The molecule has 0 bridgehead atoms. The normalized spacial score (nSPS) is 11.3. The molecule has 6 heteroatoms. The van der Waals surface area contributed by atoms with Crippen LogP contribution in [0.3, 0.4) is 0 Å². The lowest BCUT2D eigenvalue weighted by Crippen LogP contribution is -1.97. The minimum absolute atomic E-state index is 0.490. The number of thioether (sulfide) groups is 1. The third-order valence-corrected chi connectivity index (χ3v) is 5.76. The Labute approximate surface area is 170 Å². The smallest absolute Gasteiger partial charge is 0.236 e. The van der Waals surface area contributed by atoms with Gasteiger partial charge in [-0.25, -0.2) is 23.1 Å². The summed E-state index contributed by atoms with van der Waals surface area (Å²) in [6, 6.07) is 18.3. The van der Waals surface area contributed by atoms with E-state index in [0.717, 1.165) is 27.6 Å². The molecule has 0 saturated heterocycles. The van der Waals surface area contributed by atoms with Gasteiger partial charge in [-0.15, -0.1) is 11.8 Å². The SMILES string of the molecule is Cc1cc(C(F)F)c(F)cc1-c1ncnc2cc(SCc3ccccc3)ccc12. The maximum atomic E-state index is 14.2. The van der Waals surface area contributed by atoms with E-state index in [-0.39, 0.29) is 0 Å². The van der Waals surface area contributed by atoms with Crippen LogP contribution in [0.5, 0.6) is 0 Å². The van der Waals surface area contributed by atoms with Gasteiger partial charge in [-0.05, 0) is 48.4 Å². The standard InChI is InChI=1S/C23H17F3N2S/c1-14-9-19(23(25)26)20(24)11-18(14)22-17-8-7-16(10-21(17)27-13-28-22)29-12-15-5-3-2-4-6-15/h2-11,13,23H,12H2,1H3. The average Bonchev–Trinajstić information content (AvgIpc) is 2.73. The number of hydrogen-bond donors (Lipinski definition) is 0. The molecule has 4 rings (SSSR count). The first-order valence-electron chi connectivity index (χ1n) is 9.03. The Balaban J connectivity index is 1.69. The molecule has 0 radical (unpaired) electrons. The lowest BCUT2D eigenvalue weighted by molar-refractivity contribution is 0.146. The van der Waals surface area contributed by atoms with Crippen LogP contribution >= 0.6 is 11.8 Å². The molecule has 0 saturated carbocycles. The van der Waals surface area contributed by atoms with Crippen molar-refractivity contribution in [1.29, 1.82) is 0 Å². The van der Waals surface area contributed by atoms with Crippen molar-refractivity contribution in [3.8, 4) is 11.3 Å². The Kier molecular flexibility index (Phi) is 5.53. The molecule has 0 N–H and O–H groups in total. The Bertz CT molecular complexity index is 1160. The molecule has 0 aliphatic rings. The topological polar surface area (TPSA) is 25.8 Å². The summed E-state index contributed by atoms with van der Waals surface area (Å²) >= 11 is 1.70. The van der Waals surface area contributed by atoms with E-state index >= 15 is 0 Å². The van der Waals surface area contributed by atoms with Gasteiger partial charge < -0.3 is 0 Å². The fourth-order valence-corrected chi connectivity index (χ4v) is 4.09. The van der Waals surface area contributed by atoms with Crippen molar-refractivity contribution in [2.75, 3.05) is 0 Å². The van der Waals surface area contributed by atoms with Crippen LogP contribution in [0, 0.1) is 12.7 Å². The molecule has 2 nitrogen and oxygen atoms in total. The van der Waals surface area contributed by atoms with Gasteiger partial charge in [-0.2, -0.15) is 0 Å². The van der Waals surface area contributed by atoms with Crippen molar-refractivity contribution in [1.82, 2.24) is 9.97 Å². The second kappa shape index (κ2) is 8.25. The molecule has 0 aliphatic heterocycles. The quantitative estimate of drug-likeness (QED) is 0.332. The largest absolute Gasteiger partial charge is 0.266 e. The summed E-state index contributed by atoms with van der Waals surface area (Å²) in [6.45, 7) is 1.68. The van der Waals surface area contributed by atoms with Gasteiger partial charge >= 0.3 is 0 Å². The fraction of sp³-hybridized carbons (Fsp3) is 0.130. The molecule has 0 spiro atoms. The number of benzene rings is 3. The zero-order valence-electron chi connectivity index (χ0n) is 15.6. The van der Waals surface area contributed by atoms with Gasteiger partial charge in [0.05, 0.1) is 16.8 Å². The highest BCUT2D eigenvalue weighted by molar-refractivity contribution is 7.98. The van der Waals surface area contributed by atoms with Crippen molar-refractivity contribution in [2.24, 2.45) is 0 Å². The van der Waals surface area contributed by atoms with Gasteiger partial charge in [0, 0.05) is 21.6 Å². The van der Waals surface area contributed by atoms with E-state index in [2.05, 4.69) is 22.1 Å². The van der Waals surface area contributed by atoms with Crippen LogP contribution in [0.1, 0.15) is 23.1 Å². The third kappa shape index (κ3) is 4.12. The number of alkyl halides is 2. The van der Waals surface area contributed by atoms with Crippen LogP contribution in [0.4, 0.5) is 13.2 Å². The minimum atomic E-state index is -2.85. The van der Waals surface area contributed by atoms with Crippen LogP contribution in [-0.4, -0.2) is 9.97 Å². The molecule has 0 aliphatic carbocycles. The van der Waals surface area contributed by atoms with Crippen molar-refractivity contribution < 1.29 is 13.2 Å². The summed E-state index contributed by atoms with van der Waals surface area (Å²) in [6.07, 6.45) is -1.43. The molecule has 146 valence electrons. The summed E-state index contributed by atoms with van der Waals surface area (Å²) < 4.78 is 40.1. The number of aromatic nitrogens is 2. The van der Waals surface area contributed by atoms with Crippen LogP contribution in [-0.2, 0) is 5.75 Å². The molecule has 4 aromatic rings. The summed E-state index contributed by atoms with van der Waals surface area (Å²) in [5.74, 6) is -0.0913. The Morgan fingerprint density at radius 3 is 2.52 bits per heavy atom. The van der Waals surface area contributed by atoms with Crippen LogP contribution < -0.4 is 0 Å². The van der Waals surface area contributed by atoms with Gasteiger partial charge in [0.2, 0.25) is 0 Å². The monoisotopic (exact) mass is 410 g/mol. The first kappa shape index (κ1) is 19.5. The zero-order valence-corrected chi connectivity index (χ0v) is 16.4. The summed E-state index contributed by atoms with van der Waals surface area (Å²) in [7, 11) is 0. The second-order valence-electron chi connectivity index (χ2n) is 6.66. The number of halogens is 3. The zero-order chi connectivity index (χ0) is 20.4. The summed E-state index contributed by atoms with van der Waals surface area (Å²) in [5.41, 5.74) is 2.93. The Hall–Kier alpha value is -2.86. The third-order valence-electron chi connectivity index (χ3n) is 4.69. The maximum Gasteiger partial charge on any atom is 0.266 e. The molecule has 29 heavy (non-hydrogen) atoms. The number of hydrogen-bond acceptors (Lipinski definition) is 3. The highest BCUT2D eigenvalue weighted by Gasteiger charge is 2.18. The first-order chi connectivity index (χ1) is 14.0. The lowest BCUT2D eigenvalue weighted by Gasteiger charge is -2.12. The van der Waals surface area contributed by atoms with E-state index in [1.807, 2.05) is 36.4 Å².